The largest absolute Gasteiger partial charge is 0.396 e. The molecule has 0 aliphatic carbocycles. The van der Waals surface area contributed by atoms with Gasteiger partial charge in [-0.15, -0.1) is 0 Å². The molecule has 9 atom stereocenters. The van der Waals surface area contributed by atoms with Crippen molar-refractivity contribution in [3.05, 3.63) is 23.8 Å². The molecular weight excluding hydrogens is 422 g/mol. The molecule has 1 amide bonds. The topological polar surface area (TPSA) is 122 Å². The molecule has 0 saturated carbocycles. The molecule has 190 valence electrons. The summed E-state index contributed by atoms with van der Waals surface area (Å²) in [5.74, 6) is -1.45. The van der Waals surface area contributed by atoms with Crippen molar-refractivity contribution < 1.29 is 29.6 Å². The minimum Gasteiger partial charge on any atom is -0.396 e. The third-order valence-corrected chi connectivity index (χ3v) is 7.77. The predicted molar refractivity (Wildman–Crippen MR) is 128 cm³/mol. The molecule has 0 radical (unpaired) electrons. The lowest BCUT2D eigenvalue weighted by atomic mass is 9.76. The molecule has 2 unspecified atom stereocenters. The number of allylic oxidation sites excluding steroid dienone is 3. The summed E-state index contributed by atoms with van der Waals surface area (Å²) in [6.45, 7) is 10.1. The van der Waals surface area contributed by atoms with Gasteiger partial charge in [0.2, 0.25) is 5.91 Å². The zero-order valence-corrected chi connectivity index (χ0v) is 20.9. The number of hydrogen-bond donors (Lipinski definition) is 4. The summed E-state index contributed by atoms with van der Waals surface area (Å²) in [5.41, 5.74) is 6.22. The SMILES string of the molecule is CCC(/C=C/C(N)=O)=C\CCC(CO)CC(C)[C@@H]1C[C@H](O)[C@H](C)[C@]2(C[C@@H](O)[C@H](C)[C@@H](C)O2)O1. The number of aliphatic hydroxyl groups excluding tert-OH is 3. The molecular formula is C26H45NO6. The van der Waals surface area contributed by atoms with Crippen molar-refractivity contribution in [1.29, 1.82) is 0 Å². The van der Waals surface area contributed by atoms with Crippen molar-refractivity contribution in [1.82, 2.24) is 0 Å². The fourth-order valence-electron chi connectivity index (χ4n) is 5.11. The number of nitrogens with two attached hydrogens (primary N) is 1. The first-order valence-corrected chi connectivity index (χ1v) is 12.5. The lowest BCUT2D eigenvalue weighted by Gasteiger charge is -2.54. The van der Waals surface area contributed by atoms with Gasteiger partial charge in [-0.05, 0) is 44.4 Å². The van der Waals surface area contributed by atoms with Crippen molar-refractivity contribution in [2.75, 3.05) is 6.61 Å². The van der Waals surface area contributed by atoms with Gasteiger partial charge < -0.3 is 30.5 Å². The molecule has 2 aliphatic rings. The first-order chi connectivity index (χ1) is 15.5. The monoisotopic (exact) mass is 467 g/mol. The van der Waals surface area contributed by atoms with Gasteiger partial charge in [0, 0.05) is 37.4 Å². The molecule has 2 aliphatic heterocycles. The average molecular weight is 468 g/mol. The third-order valence-electron chi connectivity index (χ3n) is 7.77. The van der Waals surface area contributed by atoms with Crippen molar-refractivity contribution in [2.45, 2.75) is 103 Å². The van der Waals surface area contributed by atoms with Crippen LogP contribution in [0.5, 0.6) is 0 Å². The summed E-state index contributed by atoms with van der Waals surface area (Å²) in [7, 11) is 0. The molecule has 33 heavy (non-hydrogen) atoms. The van der Waals surface area contributed by atoms with Crippen LogP contribution in [0.25, 0.3) is 0 Å². The van der Waals surface area contributed by atoms with Gasteiger partial charge in [-0.25, -0.2) is 0 Å². The molecule has 0 aromatic rings. The van der Waals surface area contributed by atoms with Crippen molar-refractivity contribution >= 4 is 5.91 Å². The van der Waals surface area contributed by atoms with Gasteiger partial charge in [-0.1, -0.05) is 45.4 Å². The summed E-state index contributed by atoms with van der Waals surface area (Å²) >= 11 is 0. The minimum atomic E-state index is -0.984. The average Bonchev–Trinajstić information content (AvgIpc) is 2.76. The van der Waals surface area contributed by atoms with Gasteiger partial charge in [0.1, 0.15) is 0 Å². The number of carbonyl (C=O) groups is 1. The second-order valence-electron chi connectivity index (χ2n) is 10.2. The Bertz CT molecular complexity index is 680. The third kappa shape index (κ3) is 7.36. The smallest absolute Gasteiger partial charge is 0.241 e. The van der Waals surface area contributed by atoms with E-state index in [-0.39, 0.29) is 42.5 Å². The highest BCUT2D eigenvalue weighted by atomic mass is 16.7. The van der Waals surface area contributed by atoms with E-state index < -0.39 is 23.9 Å². The Morgan fingerprint density at radius 2 is 1.88 bits per heavy atom. The second-order valence-corrected chi connectivity index (χ2v) is 10.2. The van der Waals surface area contributed by atoms with Crippen LogP contribution in [0, 0.1) is 23.7 Å². The van der Waals surface area contributed by atoms with E-state index in [2.05, 4.69) is 13.0 Å². The van der Waals surface area contributed by atoms with Crippen LogP contribution >= 0.6 is 0 Å². The highest BCUT2D eigenvalue weighted by Crippen LogP contribution is 2.46. The summed E-state index contributed by atoms with van der Waals surface area (Å²) < 4.78 is 12.8. The zero-order chi connectivity index (χ0) is 24.8. The molecule has 2 heterocycles. The summed E-state index contributed by atoms with van der Waals surface area (Å²) in [5, 5.41) is 31.4. The Labute approximate surface area is 199 Å². The van der Waals surface area contributed by atoms with Gasteiger partial charge in [0.15, 0.2) is 5.79 Å². The van der Waals surface area contributed by atoms with Gasteiger partial charge in [0.05, 0.1) is 24.4 Å². The fraction of sp³-hybridized carbons (Fsp3) is 0.808. The maximum absolute atomic E-state index is 10.9. The van der Waals surface area contributed by atoms with E-state index in [0.29, 0.717) is 12.8 Å². The summed E-state index contributed by atoms with van der Waals surface area (Å²) in [6.07, 6.45) is 7.78. The Morgan fingerprint density at radius 3 is 2.45 bits per heavy atom. The van der Waals surface area contributed by atoms with Crippen LogP contribution in [0.3, 0.4) is 0 Å². The lowest BCUT2D eigenvalue weighted by Crippen LogP contribution is -2.62. The van der Waals surface area contributed by atoms with Crippen LogP contribution < -0.4 is 5.73 Å². The van der Waals surface area contributed by atoms with E-state index in [1.165, 1.54) is 6.08 Å². The van der Waals surface area contributed by atoms with Gasteiger partial charge in [-0.2, -0.15) is 0 Å². The maximum atomic E-state index is 10.9. The van der Waals surface area contributed by atoms with Crippen LogP contribution in [0.15, 0.2) is 23.8 Å². The lowest BCUT2D eigenvalue weighted by molar-refractivity contribution is -0.373. The van der Waals surface area contributed by atoms with Crippen molar-refractivity contribution in [3.8, 4) is 0 Å². The van der Waals surface area contributed by atoms with Gasteiger partial charge in [0.25, 0.3) is 0 Å². The fourth-order valence-corrected chi connectivity index (χ4v) is 5.11. The van der Waals surface area contributed by atoms with Crippen LogP contribution in [0.4, 0.5) is 0 Å². The zero-order valence-electron chi connectivity index (χ0n) is 20.9. The van der Waals surface area contributed by atoms with Crippen molar-refractivity contribution in [3.63, 3.8) is 0 Å². The normalized spacial score (nSPS) is 37.4. The maximum Gasteiger partial charge on any atom is 0.241 e. The first kappa shape index (κ1) is 28.0. The summed E-state index contributed by atoms with van der Waals surface area (Å²) in [4.78, 5) is 10.9. The van der Waals surface area contributed by atoms with E-state index in [9.17, 15) is 20.1 Å². The number of primary amides is 1. The number of ether oxygens (including phenoxy) is 2. The Hall–Kier alpha value is -1.25. The standard InChI is InChI=1S/C26H45NO6/c1-6-20(10-11-25(27)31)8-7-9-21(15-28)12-16(2)24-13-22(29)18(4)26(33-24)14-23(30)17(3)19(5)32-26/h8,10-11,16-19,21-24,28-30H,6-7,9,12-15H2,1-5H3,(H2,27,31)/b11-10+,20-8+/t16?,17-,18+,19-,21?,22+,23-,24+,26+/m1/s1. The first-order valence-electron chi connectivity index (χ1n) is 12.5. The molecule has 0 bridgehead atoms. The van der Waals surface area contributed by atoms with E-state index in [0.717, 1.165) is 31.3 Å². The second kappa shape index (κ2) is 12.5. The quantitative estimate of drug-likeness (QED) is 0.289. The highest BCUT2D eigenvalue weighted by molar-refractivity contribution is 5.86. The summed E-state index contributed by atoms with van der Waals surface area (Å²) in [6, 6.07) is 0. The van der Waals surface area contributed by atoms with Gasteiger partial charge >= 0.3 is 0 Å². The molecule has 7 nitrogen and oxygen atoms in total. The van der Waals surface area contributed by atoms with Crippen LogP contribution in [0.2, 0.25) is 0 Å². The molecule has 5 N–H and O–H groups in total. The predicted octanol–water partition coefficient (Wildman–Crippen LogP) is 3.07. The number of carbonyl (C=O) groups excluding carboxylic acids is 1. The minimum absolute atomic E-state index is 0.0130. The number of aliphatic hydroxyl groups is 3. The molecule has 7 heteroatoms. The highest BCUT2D eigenvalue weighted by Gasteiger charge is 2.54. The van der Waals surface area contributed by atoms with E-state index in [4.69, 9.17) is 15.2 Å². The molecule has 2 rings (SSSR count). The molecule has 0 aromatic carbocycles. The van der Waals surface area contributed by atoms with E-state index in [1.54, 1.807) is 6.08 Å². The van der Waals surface area contributed by atoms with Crippen LogP contribution in [-0.2, 0) is 14.3 Å². The van der Waals surface area contributed by atoms with Crippen molar-refractivity contribution in [2.24, 2.45) is 29.4 Å². The number of hydrogen-bond acceptors (Lipinski definition) is 6. The number of rotatable bonds is 10. The molecule has 2 saturated heterocycles. The van der Waals surface area contributed by atoms with Crippen LogP contribution in [-0.4, -0.2) is 58.0 Å². The Morgan fingerprint density at radius 1 is 1.18 bits per heavy atom. The van der Waals surface area contributed by atoms with Gasteiger partial charge in [-0.3, -0.25) is 4.79 Å². The Balaban J connectivity index is 2.01. The molecule has 1 spiro atoms. The van der Waals surface area contributed by atoms with Crippen LogP contribution in [0.1, 0.15) is 73.1 Å². The van der Waals surface area contributed by atoms with E-state index >= 15 is 0 Å². The number of amides is 1. The Kier molecular flexibility index (Phi) is 10.6. The molecule has 2 fully saturated rings. The molecule has 0 aromatic heterocycles. The van der Waals surface area contributed by atoms with E-state index in [1.807, 2.05) is 27.7 Å².